The minimum atomic E-state index is -4.33. The van der Waals surface area contributed by atoms with E-state index in [1.807, 2.05) is 4.90 Å². The topological polar surface area (TPSA) is 69.2 Å². The van der Waals surface area contributed by atoms with E-state index in [1.165, 1.54) is 12.1 Å². The van der Waals surface area contributed by atoms with Crippen LogP contribution in [0.25, 0.3) is 0 Å². The smallest absolute Gasteiger partial charge is 0.383 e. The van der Waals surface area contributed by atoms with Crippen LogP contribution in [-0.2, 0) is 22.3 Å². The van der Waals surface area contributed by atoms with E-state index in [0.29, 0.717) is 57.4 Å². The average Bonchev–Trinajstić information content (AvgIpc) is 2.69. The zero-order valence-electron chi connectivity index (χ0n) is 17.2. The molecule has 30 heavy (non-hydrogen) atoms. The van der Waals surface area contributed by atoms with Crippen LogP contribution in [0.3, 0.4) is 0 Å². The lowest BCUT2D eigenvalue weighted by atomic mass is 10.1. The van der Waals surface area contributed by atoms with Gasteiger partial charge in [-0.15, -0.1) is 24.0 Å². The molecule has 7 nitrogen and oxygen atoms in total. The van der Waals surface area contributed by atoms with Gasteiger partial charge in [-0.05, 0) is 11.6 Å². The number of hydrogen-bond donors (Lipinski definition) is 2. The molecule has 2 N–H and O–H groups in total. The van der Waals surface area contributed by atoms with E-state index in [0.717, 1.165) is 6.07 Å². The first kappa shape index (κ1) is 26.4. The normalized spacial score (nSPS) is 15.5. The maximum Gasteiger partial charge on any atom is 0.416 e. The van der Waals surface area contributed by atoms with Crippen LogP contribution in [0.5, 0.6) is 0 Å². The van der Waals surface area contributed by atoms with Crippen molar-refractivity contribution in [3.8, 4) is 0 Å². The average molecular weight is 543 g/mol. The molecule has 0 radical (unpaired) electrons. The second-order valence-electron chi connectivity index (χ2n) is 6.70. The number of carbonyl (C=O) groups excluding carboxylic acids is 1. The minimum Gasteiger partial charge on any atom is -0.383 e. The number of nitrogens with zero attached hydrogens (tertiary/aromatic N) is 3. The lowest BCUT2D eigenvalue weighted by Gasteiger charge is -2.36. The van der Waals surface area contributed by atoms with Crippen LogP contribution in [0.4, 0.5) is 13.2 Å². The molecule has 0 spiro atoms. The number of piperazine rings is 1. The molecule has 0 bridgehead atoms. The van der Waals surface area contributed by atoms with E-state index in [2.05, 4.69) is 20.5 Å². The van der Waals surface area contributed by atoms with Gasteiger partial charge in [-0.3, -0.25) is 14.7 Å². The summed E-state index contributed by atoms with van der Waals surface area (Å²) in [5.74, 6) is 0.483. The number of hydrogen-bond acceptors (Lipinski definition) is 4. The van der Waals surface area contributed by atoms with Gasteiger partial charge in [0, 0.05) is 53.4 Å². The van der Waals surface area contributed by atoms with Crippen LogP contribution >= 0.6 is 24.0 Å². The Hall–Kier alpha value is -1.60. The molecule has 170 valence electrons. The van der Waals surface area contributed by atoms with Gasteiger partial charge in [0.2, 0.25) is 5.91 Å². The van der Waals surface area contributed by atoms with Crippen molar-refractivity contribution in [3.05, 3.63) is 35.4 Å². The Morgan fingerprint density at radius 2 is 1.90 bits per heavy atom. The van der Waals surface area contributed by atoms with Crippen LogP contribution in [-0.4, -0.2) is 81.7 Å². The van der Waals surface area contributed by atoms with Gasteiger partial charge in [0.25, 0.3) is 0 Å². The van der Waals surface area contributed by atoms with Crippen molar-refractivity contribution in [1.29, 1.82) is 0 Å². The number of nitrogens with one attached hydrogen (secondary N) is 2. The van der Waals surface area contributed by atoms with E-state index in [1.54, 1.807) is 20.2 Å². The molecule has 1 aromatic rings. The molecule has 1 heterocycles. The van der Waals surface area contributed by atoms with Crippen molar-refractivity contribution < 1.29 is 22.7 Å². The van der Waals surface area contributed by atoms with Gasteiger partial charge in [0.1, 0.15) is 0 Å². The molecule has 0 saturated carbocycles. The number of halogens is 4. The number of guanidine groups is 1. The third-order valence-electron chi connectivity index (χ3n) is 4.58. The highest BCUT2D eigenvalue weighted by atomic mass is 127. The number of ether oxygens (including phenoxy) is 1. The number of carbonyl (C=O) groups is 1. The van der Waals surface area contributed by atoms with Gasteiger partial charge in [-0.25, -0.2) is 0 Å². The Labute approximate surface area is 192 Å². The number of methoxy groups -OCH3 is 1. The van der Waals surface area contributed by atoms with Crippen LogP contribution in [0.2, 0.25) is 0 Å². The van der Waals surface area contributed by atoms with Gasteiger partial charge in [-0.2, -0.15) is 13.2 Å². The van der Waals surface area contributed by atoms with Crippen LogP contribution < -0.4 is 10.6 Å². The lowest BCUT2D eigenvalue weighted by molar-refractivity contribution is -0.137. The quantitative estimate of drug-likeness (QED) is 0.238. The Morgan fingerprint density at radius 3 is 2.50 bits per heavy atom. The summed E-state index contributed by atoms with van der Waals surface area (Å²) < 4.78 is 43.5. The monoisotopic (exact) mass is 543 g/mol. The Morgan fingerprint density at radius 1 is 1.20 bits per heavy atom. The number of aliphatic imine (C=N–C) groups is 1. The van der Waals surface area contributed by atoms with Crippen LogP contribution in [0, 0.1) is 0 Å². The van der Waals surface area contributed by atoms with E-state index in [9.17, 15) is 18.0 Å². The van der Waals surface area contributed by atoms with Crippen LogP contribution in [0.1, 0.15) is 11.1 Å². The lowest BCUT2D eigenvalue weighted by Crippen LogP contribution is -2.53. The van der Waals surface area contributed by atoms with Crippen molar-refractivity contribution >= 4 is 35.8 Å². The fraction of sp³-hybridized carbons (Fsp3) is 0.579. The van der Waals surface area contributed by atoms with Crippen molar-refractivity contribution in [1.82, 2.24) is 20.4 Å². The maximum atomic E-state index is 12.9. The Balaban J connectivity index is 0.00000450. The van der Waals surface area contributed by atoms with E-state index < -0.39 is 11.7 Å². The maximum absolute atomic E-state index is 12.9. The molecule has 0 unspecified atom stereocenters. The predicted octanol–water partition coefficient (Wildman–Crippen LogP) is 1.78. The summed E-state index contributed by atoms with van der Waals surface area (Å²) in [6, 6.07) is 5.44. The summed E-state index contributed by atoms with van der Waals surface area (Å²) in [4.78, 5) is 20.1. The number of amides is 1. The third kappa shape index (κ3) is 8.64. The second-order valence-corrected chi connectivity index (χ2v) is 6.70. The molecule has 0 aromatic heterocycles. The third-order valence-corrected chi connectivity index (χ3v) is 4.58. The summed E-state index contributed by atoms with van der Waals surface area (Å²) in [6.45, 7) is 4.20. The molecule has 1 aliphatic heterocycles. The molecular weight excluding hydrogens is 514 g/mol. The van der Waals surface area contributed by atoms with Crippen molar-refractivity contribution in [2.24, 2.45) is 4.99 Å². The minimum absolute atomic E-state index is 0. The van der Waals surface area contributed by atoms with Gasteiger partial charge < -0.3 is 20.3 Å². The zero-order chi connectivity index (χ0) is 21.3. The van der Waals surface area contributed by atoms with Gasteiger partial charge in [0.05, 0.1) is 18.7 Å². The molecule has 0 aliphatic carbocycles. The van der Waals surface area contributed by atoms with Crippen molar-refractivity contribution in [2.45, 2.75) is 12.7 Å². The largest absolute Gasteiger partial charge is 0.416 e. The molecule has 1 aromatic carbocycles. The molecule has 2 rings (SSSR count). The molecule has 1 saturated heterocycles. The summed E-state index contributed by atoms with van der Waals surface area (Å²) in [7, 11) is 3.22. The Kier molecular flexibility index (Phi) is 11.4. The fourth-order valence-corrected chi connectivity index (χ4v) is 3.07. The van der Waals surface area contributed by atoms with E-state index in [4.69, 9.17) is 4.74 Å². The highest BCUT2D eigenvalue weighted by Gasteiger charge is 2.30. The molecule has 1 fully saturated rings. The predicted molar refractivity (Wildman–Crippen MR) is 120 cm³/mol. The first-order valence-corrected chi connectivity index (χ1v) is 9.43. The second kappa shape index (κ2) is 13.0. The molecule has 1 aliphatic rings. The number of benzene rings is 1. The van der Waals surface area contributed by atoms with Crippen molar-refractivity contribution in [2.75, 3.05) is 60.0 Å². The summed E-state index contributed by atoms with van der Waals surface area (Å²) >= 11 is 0. The number of alkyl halides is 3. The molecule has 11 heteroatoms. The fourth-order valence-electron chi connectivity index (χ4n) is 3.07. The highest BCUT2D eigenvalue weighted by molar-refractivity contribution is 14.0. The SMILES string of the molecule is CN=C(NCC(=O)NCCOC)N1CCN(Cc2cccc(C(F)(F)F)c2)CC1.I. The standard InChI is InChI=1S/C19H28F3N5O2.HI/c1-23-18(25-13-17(28)24-6-11-29-2)27-9-7-26(8-10-27)14-15-4-3-5-16(12-15)19(20,21)22;/h3-5,12H,6-11,13-14H2,1-2H3,(H,23,25)(H,24,28);1H. The molecular formula is C19H29F3IN5O2. The van der Waals surface area contributed by atoms with Gasteiger partial charge >= 0.3 is 6.18 Å². The summed E-state index contributed by atoms with van der Waals surface area (Å²) in [5, 5.41) is 5.76. The summed E-state index contributed by atoms with van der Waals surface area (Å²) in [5.41, 5.74) is 0.0190. The first-order valence-electron chi connectivity index (χ1n) is 9.43. The van der Waals surface area contributed by atoms with E-state index >= 15 is 0 Å². The Bertz CT molecular complexity index is 695. The first-order chi connectivity index (χ1) is 13.8. The van der Waals surface area contributed by atoms with Gasteiger partial charge in [-0.1, -0.05) is 18.2 Å². The molecule has 1 amide bonds. The highest BCUT2D eigenvalue weighted by Crippen LogP contribution is 2.29. The van der Waals surface area contributed by atoms with Gasteiger partial charge in [0.15, 0.2) is 5.96 Å². The number of rotatable bonds is 7. The molecule has 0 atom stereocenters. The summed E-state index contributed by atoms with van der Waals surface area (Å²) in [6.07, 6.45) is -4.33. The van der Waals surface area contributed by atoms with E-state index in [-0.39, 0.29) is 36.4 Å². The van der Waals surface area contributed by atoms with Crippen LogP contribution in [0.15, 0.2) is 29.3 Å². The van der Waals surface area contributed by atoms with Crippen molar-refractivity contribution in [3.63, 3.8) is 0 Å². The zero-order valence-corrected chi connectivity index (χ0v) is 19.5.